The molecular weight excluding hydrogens is 204 g/mol. The summed E-state index contributed by atoms with van der Waals surface area (Å²) in [5.74, 6) is 0. The second-order valence-electron chi connectivity index (χ2n) is 2.63. The van der Waals surface area contributed by atoms with E-state index < -0.39 is 12.3 Å². The monoisotopic (exact) mass is 222 g/mol. The third-order valence-corrected chi connectivity index (χ3v) is 1.33. The molecule has 7 nitrogen and oxygen atoms in total. The van der Waals surface area contributed by atoms with Gasteiger partial charge in [-0.2, -0.15) is 0 Å². The Morgan fingerprint density at radius 3 is 1.33 bits per heavy atom. The van der Waals surface area contributed by atoms with Crippen molar-refractivity contribution in [2.75, 3.05) is 13.1 Å². The van der Waals surface area contributed by atoms with Gasteiger partial charge >= 0.3 is 12.3 Å². The molecule has 0 radical (unpaired) electrons. The number of ether oxygens (including phenoxy) is 1. The molecule has 0 amide bonds. The lowest BCUT2D eigenvalue weighted by molar-refractivity contribution is 0.0802. The highest BCUT2D eigenvalue weighted by atomic mass is 16.7. The van der Waals surface area contributed by atoms with Crippen LogP contribution in [-0.2, 0) is 4.74 Å². The van der Waals surface area contributed by atoms with Crippen LogP contribution in [-0.4, -0.2) is 35.6 Å². The first-order valence-electron chi connectivity index (χ1n) is 4.58. The van der Waals surface area contributed by atoms with Crippen LogP contribution in [0.25, 0.3) is 0 Å². The topological polar surface area (TPSA) is 136 Å². The molecular formula is C8H18N2O5. The van der Waals surface area contributed by atoms with Gasteiger partial charge in [0.1, 0.15) is 0 Å². The molecule has 0 saturated carbocycles. The van der Waals surface area contributed by atoms with Gasteiger partial charge < -0.3 is 26.4 Å². The molecule has 0 aromatic rings. The van der Waals surface area contributed by atoms with Crippen molar-refractivity contribution in [2.45, 2.75) is 25.7 Å². The fraction of sp³-hybridized carbons (Fsp3) is 0.750. The summed E-state index contributed by atoms with van der Waals surface area (Å²) in [6.45, 7) is 1.65. The van der Waals surface area contributed by atoms with Crippen molar-refractivity contribution < 1.29 is 24.5 Å². The van der Waals surface area contributed by atoms with Crippen molar-refractivity contribution in [3.63, 3.8) is 0 Å². The Morgan fingerprint density at radius 2 is 1.20 bits per heavy atom. The summed E-state index contributed by atoms with van der Waals surface area (Å²) in [7, 11) is 0. The highest BCUT2D eigenvalue weighted by Gasteiger charge is 2.01. The zero-order valence-corrected chi connectivity index (χ0v) is 8.52. The fourth-order valence-electron chi connectivity index (χ4n) is 0.717. The van der Waals surface area contributed by atoms with Gasteiger partial charge in [0, 0.05) is 0 Å². The van der Waals surface area contributed by atoms with E-state index in [-0.39, 0.29) is 0 Å². The fourth-order valence-corrected chi connectivity index (χ4v) is 0.717. The van der Waals surface area contributed by atoms with E-state index >= 15 is 0 Å². The molecule has 0 aromatic carbocycles. The average Bonchev–Trinajstić information content (AvgIpc) is 2.11. The van der Waals surface area contributed by atoms with Crippen LogP contribution in [0.2, 0.25) is 0 Å². The van der Waals surface area contributed by atoms with Crippen molar-refractivity contribution >= 4 is 12.3 Å². The summed E-state index contributed by atoms with van der Waals surface area (Å²) in [5, 5.41) is 15.0. The molecule has 15 heavy (non-hydrogen) atoms. The second-order valence-corrected chi connectivity index (χ2v) is 2.63. The quantitative estimate of drug-likeness (QED) is 0.307. The van der Waals surface area contributed by atoms with Gasteiger partial charge in [-0.05, 0) is 25.9 Å². The molecule has 0 rings (SSSR count). The summed E-state index contributed by atoms with van der Waals surface area (Å²) in [4.78, 5) is 18.4. The summed E-state index contributed by atoms with van der Waals surface area (Å²) in [6, 6.07) is 0. The van der Waals surface area contributed by atoms with Gasteiger partial charge in [0.15, 0.2) is 0 Å². The van der Waals surface area contributed by atoms with Gasteiger partial charge in [-0.15, -0.1) is 0 Å². The lowest BCUT2D eigenvalue weighted by atomic mass is 10.2. The molecule has 0 saturated heterocycles. The zero-order chi connectivity index (χ0) is 12.1. The molecule has 0 atom stereocenters. The van der Waals surface area contributed by atoms with Crippen LogP contribution in [0, 0.1) is 0 Å². The lowest BCUT2D eigenvalue weighted by Gasteiger charge is -1.94. The Kier molecular flexibility index (Phi) is 13.6. The van der Waals surface area contributed by atoms with Gasteiger partial charge in [-0.1, -0.05) is 12.8 Å². The van der Waals surface area contributed by atoms with Gasteiger partial charge in [-0.3, -0.25) is 0 Å². The number of unbranched alkanes of at least 4 members (excludes halogenated alkanes) is 3. The number of carboxylic acid groups (broad SMARTS) is 2. The summed E-state index contributed by atoms with van der Waals surface area (Å²) in [6.07, 6.45) is 1.17. The highest BCUT2D eigenvalue weighted by Crippen LogP contribution is 1.95. The van der Waals surface area contributed by atoms with Crippen LogP contribution >= 0.6 is 0 Å². The SMILES string of the molecule is NCCCCCCN.O=C(O)OC(=O)O. The number of carbonyl (C=O) groups is 2. The largest absolute Gasteiger partial charge is 0.516 e. The predicted octanol–water partition coefficient (Wildman–Crippen LogP) is 0.823. The van der Waals surface area contributed by atoms with Gasteiger partial charge in [0.05, 0.1) is 0 Å². The third-order valence-electron chi connectivity index (χ3n) is 1.33. The maximum atomic E-state index is 9.21. The lowest BCUT2D eigenvalue weighted by Crippen LogP contribution is -2.05. The smallest absolute Gasteiger partial charge is 0.449 e. The Bertz CT molecular complexity index is 156. The van der Waals surface area contributed by atoms with Crippen LogP contribution in [0.3, 0.4) is 0 Å². The van der Waals surface area contributed by atoms with Crippen LogP contribution in [0.1, 0.15) is 25.7 Å². The summed E-state index contributed by atoms with van der Waals surface area (Å²) in [5.41, 5.74) is 10.6. The van der Waals surface area contributed by atoms with Crippen LogP contribution in [0.15, 0.2) is 0 Å². The van der Waals surface area contributed by atoms with Crippen molar-refractivity contribution in [3.05, 3.63) is 0 Å². The van der Waals surface area contributed by atoms with Gasteiger partial charge in [0.25, 0.3) is 0 Å². The van der Waals surface area contributed by atoms with E-state index in [4.69, 9.17) is 21.7 Å². The molecule has 0 unspecified atom stereocenters. The first kappa shape index (κ1) is 16.1. The van der Waals surface area contributed by atoms with E-state index in [2.05, 4.69) is 4.74 Å². The second kappa shape index (κ2) is 12.7. The predicted molar refractivity (Wildman–Crippen MR) is 53.7 cm³/mol. The molecule has 0 spiro atoms. The first-order valence-corrected chi connectivity index (χ1v) is 4.58. The third kappa shape index (κ3) is 24.5. The van der Waals surface area contributed by atoms with Crippen molar-refractivity contribution in [1.82, 2.24) is 0 Å². The summed E-state index contributed by atoms with van der Waals surface area (Å²) < 4.78 is 3.08. The molecule has 0 heterocycles. The maximum Gasteiger partial charge on any atom is 0.516 e. The molecule has 0 aliphatic rings. The van der Waals surface area contributed by atoms with Crippen molar-refractivity contribution in [2.24, 2.45) is 11.5 Å². The van der Waals surface area contributed by atoms with E-state index in [1.807, 2.05) is 0 Å². The number of rotatable bonds is 5. The Balaban J connectivity index is 0. The minimum Gasteiger partial charge on any atom is -0.449 e. The molecule has 90 valence electrons. The first-order chi connectivity index (χ1) is 7.04. The minimum absolute atomic E-state index is 0.824. The zero-order valence-electron chi connectivity index (χ0n) is 8.52. The van der Waals surface area contributed by atoms with Crippen molar-refractivity contribution in [3.8, 4) is 0 Å². The standard InChI is InChI=1S/C6H16N2.C2H2O5/c7-5-3-1-2-4-6-8;3-1(4)7-2(5)6/h1-8H2;(H,3,4)(H,5,6). The van der Waals surface area contributed by atoms with E-state index in [9.17, 15) is 9.59 Å². The van der Waals surface area contributed by atoms with Crippen LogP contribution in [0.5, 0.6) is 0 Å². The Hall–Kier alpha value is -1.34. The van der Waals surface area contributed by atoms with Gasteiger partial charge in [-0.25, -0.2) is 9.59 Å². The van der Waals surface area contributed by atoms with Crippen LogP contribution < -0.4 is 11.5 Å². The molecule has 0 aliphatic carbocycles. The van der Waals surface area contributed by atoms with E-state index in [0.717, 1.165) is 25.9 Å². The molecule has 0 aliphatic heterocycles. The van der Waals surface area contributed by atoms with E-state index in [1.165, 1.54) is 12.8 Å². The van der Waals surface area contributed by atoms with Gasteiger partial charge in [0.2, 0.25) is 0 Å². The normalized spacial score (nSPS) is 8.67. The van der Waals surface area contributed by atoms with Crippen LogP contribution in [0.4, 0.5) is 9.59 Å². The molecule has 0 fully saturated rings. The Morgan fingerprint density at radius 1 is 0.867 bits per heavy atom. The molecule has 0 aromatic heterocycles. The highest BCUT2D eigenvalue weighted by molar-refractivity contribution is 5.74. The van der Waals surface area contributed by atoms with E-state index in [1.54, 1.807) is 0 Å². The van der Waals surface area contributed by atoms with Crippen molar-refractivity contribution in [1.29, 1.82) is 0 Å². The number of hydrogen-bond donors (Lipinski definition) is 4. The van der Waals surface area contributed by atoms with E-state index in [0.29, 0.717) is 0 Å². The summed E-state index contributed by atoms with van der Waals surface area (Å²) >= 11 is 0. The number of nitrogens with two attached hydrogens (primary N) is 2. The molecule has 7 heteroatoms. The molecule has 6 N–H and O–H groups in total. The molecule has 0 bridgehead atoms. The average molecular weight is 222 g/mol. The number of hydrogen-bond acceptors (Lipinski definition) is 5. The Labute approximate surface area is 88.0 Å². The minimum atomic E-state index is -1.81. The maximum absolute atomic E-state index is 9.21.